The number of likely N-dealkylation sites (tertiary alicyclic amines) is 1. The van der Waals surface area contributed by atoms with Crippen LogP contribution in [0.15, 0.2) is 42.5 Å². The minimum Gasteiger partial charge on any atom is -0.406 e. The molecule has 1 saturated heterocycles. The predicted octanol–water partition coefficient (Wildman–Crippen LogP) is 5.21. The van der Waals surface area contributed by atoms with E-state index < -0.39 is 6.36 Å². The van der Waals surface area contributed by atoms with Crippen molar-refractivity contribution in [1.82, 2.24) is 4.90 Å². The SMILES string of the molecule is FC(F)(F)Oc1ccc(-c2ccc3c(c2)CCC(N2CCCC2)C3)cc1. The standard InChI is InChI=1S/C21H22F3NO/c22-21(23,24)26-20-9-6-15(7-10-20)16-3-4-18-14-19(8-5-17(18)13-16)25-11-1-2-12-25/h3-4,6-7,9-10,13,19H,1-2,5,8,11-12,14H2. The highest BCUT2D eigenvalue weighted by Gasteiger charge is 2.31. The molecular formula is C21H22F3NO. The summed E-state index contributed by atoms with van der Waals surface area (Å²) in [6.45, 7) is 2.45. The molecule has 138 valence electrons. The second-order valence-electron chi connectivity index (χ2n) is 7.20. The lowest BCUT2D eigenvalue weighted by Crippen LogP contribution is -2.37. The van der Waals surface area contributed by atoms with Crippen LogP contribution >= 0.6 is 0 Å². The van der Waals surface area contributed by atoms with E-state index in [1.54, 1.807) is 12.1 Å². The van der Waals surface area contributed by atoms with Gasteiger partial charge in [-0.15, -0.1) is 13.2 Å². The van der Waals surface area contributed by atoms with Gasteiger partial charge in [0, 0.05) is 6.04 Å². The molecule has 26 heavy (non-hydrogen) atoms. The number of alkyl halides is 3. The van der Waals surface area contributed by atoms with Gasteiger partial charge in [-0.25, -0.2) is 0 Å². The van der Waals surface area contributed by atoms with Crippen LogP contribution in [0.3, 0.4) is 0 Å². The molecule has 4 rings (SSSR count). The molecule has 0 spiro atoms. The van der Waals surface area contributed by atoms with Crippen molar-refractivity contribution in [3.8, 4) is 16.9 Å². The van der Waals surface area contributed by atoms with Gasteiger partial charge in [-0.1, -0.05) is 30.3 Å². The lowest BCUT2D eigenvalue weighted by atomic mass is 9.85. The predicted molar refractivity (Wildman–Crippen MR) is 95.2 cm³/mol. The quantitative estimate of drug-likeness (QED) is 0.745. The fourth-order valence-corrected chi connectivity index (χ4v) is 4.18. The number of nitrogens with zero attached hydrogens (tertiary/aromatic N) is 1. The molecule has 0 saturated carbocycles. The van der Waals surface area contributed by atoms with Crippen molar-refractivity contribution in [1.29, 1.82) is 0 Å². The lowest BCUT2D eigenvalue weighted by molar-refractivity contribution is -0.274. The van der Waals surface area contributed by atoms with Gasteiger partial charge in [-0.05, 0) is 79.6 Å². The number of benzene rings is 2. The van der Waals surface area contributed by atoms with Crippen molar-refractivity contribution >= 4 is 0 Å². The molecule has 1 fully saturated rings. The molecule has 0 bridgehead atoms. The minimum absolute atomic E-state index is 0.187. The van der Waals surface area contributed by atoms with Crippen LogP contribution in [0.2, 0.25) is 0 Å². The fraction of sp³-hybridized carbons (Fsp3) is 0.429. The van der Waals surface area contributed by atoms with E-state index >= 15 is 0 Å². The van der Waals surface area contributed by atoms with Crippen molar-refractivity contribution in [2.45, 2.75) is 44.5 Å². The Hall–Kier alpha value is -2.01. The topological polar surface area (TPSA) is 12.5 Å². The molecule has 1 atom stereocenters. The van der Waals surface area contributed by atoms with Crippen molar-refractivity contribution in [2.24, 2.45) is 0 Å². The Labute approximate surface area is 151 Å². The molecule has 0 N–H and O–H groups in total. The number of aryl methyl sites for hydroxylation is 1. The number of hydrogen-bond donors (Lipinski definition) is 0. The highest BCUT2D eigenvalue weighted by atomic mass is 19.4. The molecule has 2 nitrogen and oxygen atoms in total. The molecule has 0 aromatic heterocycles. The summed E-state index contributed by atoms with van der Waals surface area (Å²) in [6.07, 6.45) is 1.34. The van der Waals surface area contributed by atoms with Crippen molar-refractivity contribution < 1.29 is 17.9 Å². The summed E-state index contributed by atoms with van der Waals surface area (Å²) in [6, 6.07) is 13.2. The Kier molecular flexibility index (Phi) is 4.65. The van der Waals surface area contributed by atoms with E-state index in [2.05, 4.69) is 27.8 Å². The Morgan fingerprint density at radius 2 is 1.58 bits per heavy atom. The normalized spacial score (nSPS) is 20.8. The van der Waals surface area contributed by atoms with E-state index in [1.165, 1.54) is 55.6 Å². The number of ether oxygens (including phenoxy) is 1. The molecular weight excluding hydrogens is 339 g/mol. The van der Waals surface area contributed by atoms with E-state index in [1.807, 2.05) is 0 Å². The van der Waals surface area contributed by atoms with Crippen LogP contribution < -0.4 is 4.74 Å². The summed E-state index contributed by atoms with van der Waals surface area (Å²) in [7, 11) is 0. The summed E-state index contributed by atoms with van der Waals surface area (Å²) in [4.78, 5) is 2.62. The summed E-state index contributed by atoms with van der Waals surface area (Å²) in [5.41, 5.74) is 4.73. The number of rotatable bonds is 3. The molecule has 0 amide bonds. The third-order valence-corrected chi connectivity index (χ3v) is 5.49. The van der Waals surface area contributed by atoms with Gasteiger partial charge in [0.05, 0.1) is 0 Å². The third kappa shape index (κ3) is 3.88. The first kappa shape index (κ1) is 17.4. The van der Waals surface area contributed by atoms with Crippen LogP contribution in [0.4, 0.5) is 13.2 Å². The lowest BCUT2D eigenvalue weighted by Gasteiger charge is -2.32. The highest BCUT2D eigenvalue weighted by molar-refractivity contribution is 5.66. The average molecular weight is 361 g/mol. The smallest absolute Gasteiger partial charge is 0.406 e. The van der Waals surface area contributed by atoms with Crippen LogP contribution in [-0.4, -0.2) is 30.4 Å². The largest absolute Gasteiger partial charge is 0.573 e. The molecule has 1 aliphatic carbocycles. The summed E-state index contributed by atoms with van der Waals surface area (Å²) in [5.74, 6) is -0.187. The monoisotopic (exact) mass is 361 g/mol. The Morgan fingerprint density at radius 1 is 0.885 bits per heavy atom. The van der Waals surface area contributed by atoms with Crippen molar-refractivity contribution in [3.05, 3.63) is 53.6 Å². The summed E-state index contributed by atoms with van der Waals surface area (Å²) in [5, 5.41) is 0. The third-order valence-electron chi connectivity index (χ3n) is 5.49. The molecule has 0 radical (unpaired) electrons. The van der Waals surface area contributed by atoms with Crippen molar-refractivity contribution in [3.63, 3.8) is 0 Å². The van der Waals surface area contributed by atoms with E-state index in [0.717, 1.165) is 24.0 Å². The molecule has 2 aliphatic rings. The van der Waals surface area contributed by atoms with Gasteiger partial charge >= 0.3 is 6.36 Å². The van der Waals surface area contributed by atoms with Gasteiger partial charge in [-0.3, -0.25) is 0 Å². The zero-order valence-corrected chi connectivity index (χ0v) is 14.6. The van der Waals surface area contributed by atoms with Gasteiger partial charge in [0.1, 0.15) is 5.75 Å². The molecule has 2 aromatic carbocycles. The van der Waals surface area contributed by atoms with E-state index in [0.29, 0.717) is 6.04 Å². The number of hydrogen-bond acceptors (Lipinski definition) is 2. The highest BCUT2D eigenvalue weighted by Crippen LogP contribution is 2.31. The van der Waals surface area contributed by atoms with Crippen LogP contribution in [-0.2, 0) is 12.8 Å². The van der Waals surface area contributed by atoms with Gasteiger partial charge < -0.3 is 9.64 Å². The Morgan fingerprint density at radius 3 is 2.27 bits per heavy atom. The van der Waals surface area contributed by atoms with E-state index in [9.17, 15) is 13.2 Å². The molecule has 1 heterocycles. The fourth-order valence-electron chi connectivity index (χ4n) is 4.18. The summed E-state index contributed by atoms with van der Waals surface area (Å²) < 4.78 is 40.8. The first-order chi connectivity index (χ1) is 12.5. The van der Waals surface area contributed by atoms with Gasteiger partial charge in [-0.2, -0.15) is 0 Å². The average Bonchev–Trinajstić information content (AvgIpc) is 3.15. The Bertz CT molecular complexity index is 764. The van der Waals surface area contributed by atoms with Crippen molar-refractivity contribution in [2.75, 3.05) is 13.1 Å². The van der Waals surface area contributed by atoms with Gasteiger partial charge in [0.15, 0.2) is 0 Å². The summed E-state index contributed by atoms with van der Waals surface area (Å²) >= 11 is 0. The zero-order valence-electron chi connectivity index (χ0n) is 14.6. The number of fused-ring (bicyclic) bond motifs is 1. The van der Waals surface area contributed by atoms with Crippen LogP contribution in [0.5, 0.6) is 5.75 Å². The van der Waals surface area contributed by atoms with Crippen LogP contribution in [0.25, 0.3) is 11.1 Å². The first-order valence-electron chi connectivity index (χ1n) is 9.20. The second kappa shape index (κ2) is 6.95. The maximum Gasteiger partial charge on any atom is 0.573 e. The van der Waals surface area contributed by atoms with Gasteiger partial charge in [0.25, 0.3) is 0 Å². The molecule has 5 heteroatoms. The zero-order chi connectivity index (χ0) is 18.1. The maximum absolute atomic E-state index is 12.3. The minimum atomic E-state index is -4.65. The van der Waals surface area contributed by atoms with Crippen LogP contribution in [0.1, 0.15) is 30.4 Å². The van der Waals surface area contributed by atoms with Crippen LogP contribution in [0, 0.1) is 0 Å². The molecule has 1 aliphatic heterocycles. The van der Waals surface area contributed by atoms with E-state index in [-0.39, 0.29) is 5.75 Å². The number of halogens is 3. The molecule has 2 aromatic rings. The first-order valence-corrected chi connectivity index (χ1v) is 9.20. The Balaban J connectivity index is 1.49. The molecule has 1 unspecified atom stereocenters. The second-order valence-corrected chi connectivity index (χ2v) is 7.20. The van der Waals surface area contributed by atoms with Gasteiger partial charge in [0.2, 0.25) is 0 Å². The maximum atomic E-state index is 12.3. The van der Waals surface area contributed by atoms with E-state index in [4.69, 9.17) is 0 Å².